The standard InChI is InChI=1S/C16H17NO4/c1-3-21-14-7-5-4-6-12(14)17-16(19)11-8-9-15(20-2)13(18)10-11/h4-10,18H,3H2,1-2H3,(H,17,19). The third-order valence-corrected chi connectivity index (χ3v) is 2.88. The van der Waals surface area contributed by atoms with Gasteiger partial charge in [-0.05, 0) is 37.3 Å². The van der Waals surface area contributed by atoms with Gasteiger partial charge in [0.1, 0.15) is 5.75 Å². The van der Waals surface area contributed by atoms with E-state index in [2.05, 4.69) is 5.32 Å². The molecule has 0 radical (unpaired) electrons. The molecular weight excluding hydrogens is 270 g/mol. The van der Waals surface area contributed by atoms with Gasteiger partial charge in [0, 0.05) is 5.56 Å². The lowest BCUT2D eigenvalue weighted by Gasteiger charge is -2.11. The molecule has 0 bridgehead atoms. The van der Waals surface area contributed by atoms with Crippen LogP contribution in [0.25, 0.3) is 0 Å². The van der Waals surface area contributed by atoms with E-state index in [1.54, 1.807) is 24.3 Å². The lowest BCUT2D eigenvalue weighted by molar-refractivity contribution is 0.102. The Morgan fingerprint density at radius 1 is 1.19 bits per heavy atom. The molecule has 0 fully saturated rings. The van der Waals surface area contributed by atoms with Gasteiger partial charge in [0.15, 0.2) is 11.5 Å². The van der Waals surface area contributed by atoms with Crippen molar-refractivity contribution in [1.29, 1.82) is 0 Å². The number of phenolic OH excluding ortho intramolecular Hbond substituents is 1. The smallest absolute Gasteiger partial charge is 0.255 e. The summed E-state index contributed by atoms with van der Waals surface area (Å²) >= 11 is 0. The van der Waals surface area contributed by atoms with E-state index in [9.17, 15) is 9.90 Å². The summed E-state index contributed by atoms with van der Waals surface area (Å²) in [5, 5.41) is 12.5. The minimum atomic E-state index is -0.333. The summed E-state index contributed by atoms with van der Waals surface area (Å²) in [4.78, 5) is 12.2. The van der Waals surface area contributed by atoms with Crippen LogP contribution in [0, 0.1) is 0 Å². The number of benzene rings is 2. The van der Waals surface area contributed by atoms with E-state index in [1.807, 2.05) is 19.1 Å². The minimum Gasteiger partial charge on any atom is -0.504 e. The summed E-state index contributed by atoms with van der Waals surface area (Å²) in [6.45, 7) is 2.39. The maximum Gasteiger partial charge on any atom is 0.255 e. The molecule has 0 atom stereocenters. The highest BCUT2D eigenvalue weighted by Gasteiger charge is 2.12. The van der Waals surface area contributed by atoms with Crippen molar-refractivity contribution in [2.24, 2.45) is 0 Å². The van der Waals surface area contributed by atoms with Gasteiger partial charge < -0.3 is 19.9 Å². The molecule has 0 aliphatic carbocycles. The van der Waals surface area contributed by atoms with Crippen LogP contribution in [0.15, 0.2) is 42.5 Å². The second kappa shape index (κ2) is 6.65. The fourth-order valence-electron chi connectivity index (χ4n) is 1.88. The number of carbonyl (C=O) groups excluding carboxylic acids is 1. The Bertz CT molecular complexity index is 640. The lowest BCUT2D eigenvalue weighted by atomic mass is 10.2. The molecule has 0 aliphatic rings. The first-order valence-corrected chi connectivity index (χ1v) is 6.56. The molecule has 5 heteroatoms. The first-order valence-electron chi connectivity index (χ1n) is 6.56. The number of hydrogen-bond acceptors (Lipinski definition) is 4. The molecule has 0 saturated heterocycles. The molecule has 110 valence electrons. The average Bonchev–Trinajstić information content (AvgIpc) is 2.49. The predicted octanol–water partition coefficient (Wildman–Crippen LogP) is 3.05. The lowest BCUT2D eigenvalue weighted by Crippen LogP contribution is -2.12. The van der Waals surface area contributed by atoms with Crippen molar-refractivity contribution in [1.82, 2.24) is 0 Å². The molecule has 0 spiro atoms. The number of aromatic hydroxyl groups is 1. The van der Waals surface area contributed by atoms with Crippen molar-refractivity contribution in [2.75, 3.05) is 19.0 Å². The molecule has 0 saturated carbocycles. The number of rotatable bonds is 5. The van der Waals surface area contributed by atoms with Crippen molar-refractivity contribution < 1.29 is 19.4 Å². The first kappa shape index (κ1) is 14.7. The van der Waals surface area contributed by atoms with Crippen molar-refractivity contribution in [3.05, 3.63) is 48.0 Å². The van der Waals surface area contributed by atoms with Gasteiger partial charge in [-0.2, -0.15) is 0 Å². The van der Waals surface area contributed by atoms with E-state index in [4.69, 9.17) is 9.47 Å². The average molecular weight is 287 g/mol. The molecule has 0 aromatic heterocycles. The van der Waals surface area contributed by atoms with Crippen LogP contribution in [-0.4, -0.2) is 24.7 Å². The van der Waals surface area contributed by atoms with Crippen molar-refractivity contribution in [3.63, 3.8) is 0 Å². The summed E-state index contributed by atoms with van der Waals surface area (Å²) < 4.78 is 10.4. The Labute approximate surface area is 123 Å². The van der Waals surface area contributed by atoms with Gasteiger partial charge >= 0.3 is 0 Å². The monoisotopic (exact) mass is 287 g/mol. The van der Waals surface area contributed by atoms with Crippen molar-refractivity contribution in [2.45, 2.75) is 6.92 Å². The first-order chi connectivity index (χ1) is 10.2. The number of nitrogens with one attached hydrogen (secondary N) is 1. The van der Waals surface area contributed by atoms with Gasteiger partial charge in [0.25, 0.3) is 5.91 Å². The zero-order valence-electron chi connectivity index (χ0n) is 11.9. The molecule has 2 aromatic carbocycles. The highest BCUT2D eigenvalue weighted by atomic mass is 16.5. The number of phenols is 1. The molecule has 2 rings (SSSR count). The van der Waals surface area contributed by atoms with E-state index < -0.39 is 0 Å². The minimum absolute atomic E-state index is 0.0803. The van der Waals surface area contributed by atoms with Gasteiger partial charge in [-0.15, -0.1) is 0 Å². The molecule has 5 nitrogen and oxygen atoms in total. The molecule has 2 aromatic rings. The molecule has 0 unspecified atom stereocenters. The second-order valence-corrected chi connectivity index (χ2v) is 4.27. The SMILES string of the molecule is CCOc1ccccc1NC(=O)c1ccc(OC)c(O)c1. The summed E-state index contributed by atoms with van der Waals surface area (Å²) in [5.41, 5.74) is 0.916. The highest BCUT2D eigenvalue weighted by Crippen LogP contribution is 2.28. The van der Waals surface area contributed by atoms with Gasteiger partial charge in [0.2, 0.25) is 0 Å². The molecule has 21 heavy (non-hydrogen) atoms. The molecule has 1 amide bonds. The number of amides is 1. The van der Waals surface area contributed by atoms with Crippen LogP contribution < -0.4 is 14.8 Å². The quantitative estimate of drug-likeness (QED) is 0.887. The number of anilines is 1. The van der Waals surface area contributed by atoms with Crippen molar-refractivity contribution in [3.8, 4) is 17.2 Å². The number of hydrogen-bond donors (Lipinski definition) is 2. The topological polar surface area (TPSA) is 67.8 Å². The van der Waals surface area contributed by atoms with Crippen LogP contribution in [0.5, 0.6) is 17.2 Å². The number of methoxy groups -OCH3 is 1. The van der Waals surface area contributed by atoms with E-state index in [0.29, 0.717) is 29.4 Å². The number of ether oxygens (including phenoxy) is 2. The van der Waals surface area contributed by atoms with Crippen LogP contribution in [0.1, 0.15) is 17.3 Å². The van der Waals surface area contributed by atoms with E-state index >= 15 is 0 Å². The van der Waals surface area contributed by atoms with E-state index in [0.717, 1.165) is 0 Å². The van der Waals surface area contributed by atoms with Crippen LogP contribution in [0.2, 0.25) is 0 Å². The summed E-state index contributed by atoms with van der Waals surface area (Å²) in [5.74, 6) is 0.510. The number of carbonyl (C=O) groups is 1. The van der Waals surface area contributed by atoms with Gasteiger partial charge in [-0.1, -0.05) is 12.1 Å². The summed E-state index contributed by atoms with van der Waals surface area (Å²) in [6, 6.07) is 11.7. The molecule has 0 aliphatic heterocycles. The Morgan fingerprint density at radius 3 is 2.62 bits per heavy atom. The maximum absolute atomic E-state index is 12.2. The molecule has 2 N–H and O–H groups in total. The highest BCUT2D eigenvalue weighted by molar-refractivity contribution is 6.05. The van der Waals surface area contributed by atoms with Gasteiger partial charge in [-0.25, -0.2) is 0 Å². The maximum atomic E-state index is 12.2. The summed E-state index contributed by atoms with van der Waals surface area (Å²) in [7, 11) is 1.45. The molecular formula is C16H17NO4. The van der Waals surface area contributed by atoms with E-state index in [-0.39, 0.29) is 11.7 Å². The Balaban J connectivity index is 2.20. The molecule has 0 heterocycles. The predicted molar refractivity (Wildman–Crippen MR) is 80.2 cm³/mol. The third-order valence-electron chi connectivity index (χ3n) is 2.88. The van der Waals surface area contributed by atoms with E-state index in [1.165, 1.54) is 13.2 Å². The Kier molecular flexibility index (Phi) is 4.66. The Hall–Kier alpha value is -2.69. The fourth-order valence-corrected chi connectivity index (χ4v) is 1.88. The zero-order chi connectivity index (χ0) is 15.2. The Morgan fingerprint density at radius 2 is 1.95 bits per heavy atom. The van der Waals surface area contributed by atoms with Gasteiger partial charge in [0.05, 0.1) is 19.4 Å². The van der Waals surface area contributed by atoms with Crippen LogP contribution >= 0.6 is 0 Å². The number of para-hydroxylation sites is 2. The summed E-state index contributed by atoms with van der Waals surface area (Å²) in [6.07, 6.45) is 0. The fraction of sp³-hybridized carbons (Fsp3) is 0.188. The second-order valence-electron chi connectivity index (χ2n) is 4.27. The van der Waals surface area contributed by atoms with Gasteiger partial charge in [-0.3, -0.25) is 4.79 Å². The van der Waals surface area contributed by atoms with Crippen molar-refractivity contribution >= 4 is 11.6 Å². The zero-order valence-corrected chi connectivity index (χ0v) is 11.9. The van der Waals surface area contributed by atoms with Crippen LogP contribution in [-0.2, 0) is 0 Å². The van der Waals surface area contributed by atoms with Crippen LogP contribution in [0.4, 0.5) is 5.69 Å². The third kappa shape index (κ3) is 3.45. The largest absolute Gasteiger partial charge is 0.504 e. The van der Waals surface area contributed by atoms with Crippen LogP contribution in [0.3, 0.4) is 0 Å². The normalized spacial score (nSPS) is 10.0.